The molecule has 1 aliphatic rings. The number of aliphatic hydroxyl groups is 1. The summed E-state index contributed by atoms with van der Waals surface area (Å²) in [6.45, 7) is 9.58. The highest BCUT2D eigenvalue weighted by Gasteiger charge is 2.35. The van der Waals surface area contributed by atoms with E-state index in [4.69, 9.17) is 0 Å². The molecule has 21 heavy (non-hydrogen) atoms. The van der Waals surface area contributed by atoms with Crippen LogP contribution in [-0.2, 0) is 0 Å². The molecular formula is C18H28FNO. The smallest absolute Gasteiger partial charge is 0.129 e. The molecule has 1 aromatic carbocycles. The van der Waals surface area contributed by atoms with Crippen molar-refractivity contribution in [3.05, 3.63) is 35.6 Å². The summed E-state index contributed by atoms with van der Waals surface area (Å²) in [6, 6.07) is 6.54. The Bertz CT molecular complexity index is 458. The van der Waals surface area contributed by atoms with Crippen molar-refractivity contribution in [1.82, 2.24) is 4.90 Å². The number of aliphatic hydroxyl groups excluding tert-OH is 1. The van der Waals surface area contributed by atoms with E-state index in [1.54, 1.807) is 18.2 Å². The highest BCUT2D eigenvalue weighted by atomic mass is 19.1. The lowest BCUT2D eigenvalue weighted by Crippen LogP contribution is -2.32. The van der Waals surface area contributed by atoms with E-state index in [9.17, 15) is 9.50 Å². The summed E-state index contributed by atoms with van der Waals surface area (Å²) >= 11 is 0. The zero-order valence-corrected chi connectivity index (χ0v) is 13.5. The van der Waals surface area contributed by atoms with E-state index in [2.05, 4.69) is 18.7 Å². The molecule has 0 amide bonds. The van der Waals surface area contributed by atoms with Gasteiger partial charge in [0, 0.05) is 18.7 Å². The third-order valence-corrected chi connectivity index (χ3v) is 5.33. The Morgan fingerprint density at radius 3 is 2.52 bits per heavy atom. The summed E-state index contributed by atoms with van der Waals surface area (Å²) in [5.41, 5.74) is 0.865. The molecule has 2 rings (SSSR count). The third-order valence-electron chi connectivity index (χ3n) is 5.33. The molecule has 0 saturated carbocycles. The van der Waals surface area contributed by atoms with Crippen LogP contribution in [0.3, 0.4) is 0 Å². The molecule has 0 aromatic heterocycles. The van der Waals surface area contributed by atoms with Crippen LogP contribution >= 0.6 is 0 Å². The second-order valence-electron chi connectivity index (χ2n) is 6.64. The van der Waals surface area contributed by atoms with Gasteiger partial charge in [-0.25, -0.2) is 4.39 Å². The number of halogens is 1. The van der Waals surface area contributed by atoms with E-state index in [0.717, 1.165) is 19.6 Å². The van der Waals surface area contributed by atoms with Crippen LogP contribution in [0.5, 0.6) is 0 Å². The van der Waals surface area contributed by atoms with E-state index in [-0.39, 0.29) is 11.7 Å². The van der Waals surface area contributed by atoms with Gasteiger partial charge < -0.3 is 10.0 Å². The average Bonchev–Trinajstić information content (AvgIpc) is 2.91. The lowest BCUT2D eigenvalue weighted by molar-refractivity contribution is 0.0874. The number of rotatable bonds is 6. The standard InChI is InChI=1S/C18H28FNO/c1-4-18(5-2)10-11-20(13-18)12-14(3)17(21)15-8-6-7-9-16(15)19/h6-9,14,17,21H,4-5,10-13H2,1-3H3. The average molecular weight is 293 g/mol. The Hall–Kier alpha value is -0.930. The number of benzene rings is 1. The highest BCUT2D eigenvalue weighted by Crippen LogP contribution is 2.38. The van der Waals surface area contributed by atoms with Crippen LogP contribution in [-0.4, -0.2) is 29.6 Å². The SMILES string of the molecule is CCC1(CC)CCN(CC(C)C(O)c2ccccc2F)C1. The van der Waals surface area contributed by atoms with Crippen LogP contribution in [0.15, 0.2) is 24.3 Å². The minimum absolute atomic E-state index is 0.0337. The predicted molar refractivity (Wildman–Crippen MR) is 84.6 cm³/mol. The second kappa shape index (κ2) is 6.89. The molecule has 2 nitrogen and oxygen atoms in total. The fourth-order valence-electron chi connectivity index (χ4n) is 3.54. The predicted octanol–water partition coefficient (Wildman–Crippen LogP) is 4.01. The maximum Gasteiger partial charge on any atom is 0.129 e. The molecule has 1 saturated heterocycles. The van der Waals surface area contributed by atoms with Gasteiger partial charge in [-0.2, -0.15) is 0 Å². The lowest BCUT2D eigenvalue weighted by Gasteiger charge is -2.29. The molecule has 0 aliphatic carbocycles. The van der Waals surface area contributed by atoms with E-state index < -0.39 is 6.10 Å². The van der Waals surface area contributed by atoms with Gasteiger partial charge in [-0.3, -0.25) is 0 Å². The van der Waals surface area contributed by atoms with E-state index >= 15 is 0 Å². The van der Waals surface area contributed by atoms with Gasteiger partial charge in [-0.15, -0.1) is 0 Å². The molecule has 1 aromatic rings. The number of hydrogen-bond donors (Lipinski definition) is 1. The zero-order valence-electron chi connectivity index (χ0n) is 13.5. The molecule has 1 heterocycles. The van der Waals surface area contributed by atoms with Crippen molar-refractivity contribution in [2.75, 3.05) is 19.6 Å². The quantitative estimate of drug-likeness (QED) is 0.856. The van der Waals surface area contributed by atoms with E-state index in [1.807, 2.05) is 6.92 Å². The highest BCUT2D eigenvalue weighted by molar-refractivity contribution is 5.20. The molecule has 0 spiro atoms. The Morgan fingerprint density at radius 1 is 1.29 bits per heavy atom. The Kier molecular flexibility index (Phi) is 5.39. The van der Waals surface area contributed by atoms with Gasteiger partial charge in [0.25, 0.3) is 0 Å². The van der Waals surface area contributed by atoms with Gasteiger partial charge in [0.1, 0.15) is 5.82 Å². The van der Waals surface area contributed by atoms with Crippen LogP contribution < -0.4 is 0 Å². The first kappa shape index (κ1) is 16.4. The van der Waals surface area contributed by atoms with E-state index in [0.29, 0.717) is 11.0 Å². The fourth-order valence-corrected chi connectivity index (χ4v) is 3.54. The first-order chi connectivity index (χ1) is 10.0. The third kappa shape index (κ3) is 3.64. The molecular weight excluding hydrogens is 265 g/mol. The maximum atomic E-state index is 13.8. The Labute approximate surface area is 128 Å². The molecule has 2 atom stereocenters. The van der Waals surface area contributed by atoms with Crippen LogP contribution in [0.4, 0.5) is 4.39 Å². The van der Waals surface area contributed by atoms with Gasteiger partial charge in [0.2, 0.25) is 0 Å². The summed E-state index contributed by atoms with van der Waals surface area (Å²) in [4.78, 5) is 2.43. The second-order valence-corrected chi connectivity index (χ2v) is 6.64. The summed E-state index contributed by atoms with van der Waals surface area (Å²) in [5, 5.41) is 10.4. The van der Waals surface area contributed by atoms with Crippen molar-refractivity contribution in [3.63, 3.8) is 0 Å². The molecule has 118 valence electrons. The minimum atomic E-state index is -0.732. The summed E-state index contributed by atoms with van der Waals surface area (Å²) in [7, 11) is 0. The van der Waals surface area contributed by atoms with Crippen molar-refractivity contribution in [2.24, 2.45) is 11.3 Å². The number of nitrogens with zero attached hydrogens (tertiary/aromatic N) is 1. The summed E-state index contributed by atoms with van der Waals surface area (Å²) < 4.78 is 13.8. The maximum absolute atomic E-state index is 13.8. The normalized spacial score (nSPS) is 21.4. The van der Waals surface area contributed by atoms with Crippen LogP contribution in [0.1, 0.15) is 51.7 Å². The zero-order chi connectivity index (χ0) is 15.5. The Morgan fingerprint density at radius 2 is 1.95 bits per heavy atom. The van der Waals surface area contributed by atoms with Gasteiger partial charge in [-0.1, -0.05) is 39.0 Å². The van der Waals surface area contributed by atoms with Gasteiger partial charge in [-0.05, 0) is 43.2 Å². The summed E-state index contributed by atoms with van der Waals surface area (Å²) in [6.07, 6.45) is 2.93. The molecule has 2 unspecified atom stereocenters. The van der Waals surface area contributed by atoms with Crippen molar-refractivity contribution in [3.8, 4) is 0 Å². The van der Waals surface area contributed by atoms with Gasteiger partial charge in [0.05, 0.1) is 6.10 Å². The first-order valence-corrected chi connectivity index (χ1v) is 8.16. The largest absolute Gasteiger partial charge is 0.388 e. The van der Waals surface area contributed by atoms with Crippen molar-refractivity contribution in [2.45, 2.75) is 46.1 Å². The molecule has 0 bridgehead atoms. The summed E-state index contributed by atoms with van der Waals surface area (Å²) in [5.74, 6) is -0.277. The topological polar surface area (TPSA) is 23.5 Å². The van der Waals surface area contributed by atoms with Crippen LogP contribution in [0.2, 0.25) is 0 Å². The fraction of sp³-hybridized carbons (Fsp3) is 0.667. The number of hydrogen-bond acceptors (Lipinski definition) is 2. The van der Waals surface area contributed by atoms with E-state index in [1.165, 1.54) is 25.3 Å². The minimum Gasteiger partial charge on any atom is -0.388 e. The van der Waals surface area contributed by atoms with Crippen LogP contribution in [0, 0.1) is 17.2 Å². The molecule has 0 radical (unpaired) electrons. The van der Waals surface area contributed by atoms with Crippen molar-refractivity contribution < 1.29 is 9.50 Å². The van der Waals surface area contributed by atoms with Crippen molar-refractivity contribution >= 4 is 0 Å². The molecule has 1 N–H and O–H groups in total. The lowest BCUT2D eigenvalue weighted by atomic mass is 9.82. The monoisotopic (exact) mass is 293 g/mol. The Balaban J connectivity index is 1.96. The van der Waals surface area contributed by atoms with Crippen LogP contribution in [0.25, 0.3) is 0 Å². The van der Waals surface area contributed by atoms with Gasteiger partial charge in [0.15, 0.2) is 0 Å². The molecule has 1 aliphatic heterocycles. The van der Waals surface area contributed by atoms with Crippen molar-refractivity contribution in [1.29, 1.82) is 0 Å². The molecule has 1 fully saturated rings. The first-order valence-electron chi connectivity index (χ1n) is 8.16. The van der Waals surface area contributed by atoms with Gasteiger partial charge >= 0.3 is 0 Å². The number of likely N-dealkylation sites (tertiary alicyclic amines) is 1. The molecule has 3 heteroatoms.